The van der Waals surface area contributed by atoms with Crippen molar-refractivity contribution in [2.45, 2.75) is 20.8 Å². The maximum absolute atomic E-state index is 10.2. The van der Waals surface area contributed by atoms with Crippen LogP contribution in [0.2, 0.25) is 0 Å². The lowest BCUT2D eigenvalue weighted by Gasteiger charge is -2.23. The molecule has 0 fully saturated rings. The Balaban J connectivity index is 1.74. The van der Waals surface area contributed by atoms with Crippen LogP contribution in [0.3, 0.4) is 0 Å². The van der Waals surface area contributed by atoms with Crippen LogP contribution in [0.1, 0.15) is 27.8 Å². The van der Waals surface area contributed by atoms with Crippen molar-refractivity contribution in [2.75, 3.05) is 4.90 Å². The fourth-order valence-electron chi connectivity index (χ4n) is 6.07. The van der Waals surface area contributed by atoms with E-state index in [1.165, 1.54) is 5.56 Å². The van der Waals surface area contributed by atoms with Crippen LogP contribution in [0.5, 0.6) is 0 Å². The van der Waals surface area contributed by atoms with Gasteiger partial charge in [-0.3, -0.25) is 4.90 Å². The van der Waals surface area contributed by atoms with Gasteiger partial charge in [-0.1, -0.05) is 102 Å². The van der Waals surface area contributed by atoms with Crippen molar-refractivity contribution in [1.82, 2.24) is 4.57 Å². The summed E-state index contributed by atoms with van der Waals surface area (Å²) in [6, 6.07) is 45.6. The first-order valence-corrected chi connectivity index (χ1v) is 14.9. The third-order valence-electron chi connectivity index (χ3n) is 8.28. The lowest BCUT2D eigenvalue weighted by Crippen LogP contribution is -2.34. The van der Waals surface area contributed by atoms with Crippen molar-refractivity contribution >= 4 is 39.3 Å². The topological polar surface area (TPSA) is 68.1 Å². The fourth-order valence-corrected chi connectivity index (χ4v) is 6.07. The summed E-state index contributed by atoms with van der Waals surface area (Å²) >= 11 is 0. The number of nitriles is 2. The zero-order chi connectivity index (χ0) is 31.1. The number of anilines is 1. The molecule has 45 heavy (non-hydrogen) atoms. The minimum absolute atomic E-state index is 0.0559. The number of hydrogen-bond donors (Lipinski definition) is 0. The van der Waals surface area contributed by atoms with Gasteiger partial charge in [-0.05, 0) is 57.2 Å². The molecule has 6 aromatic rings. The molecule has 0 unspecified atom stereocenters. The highest BCUT2D eigenvalue weighted by Crippen LogP contribution is 2.38. The van der Waals surface area contributed by atoms with Crippen molar-refractivity contribution in [1.29, 1.82) is 10.5 Å². The number of nitrogens with zero attached hydrogens (tertiary/aromatic N) is 5. The first kappa shape index (κ1) is 27.7. The second-order valence-electron chi connectivity index (χ2n) is 11.3. The zero-order valence-corrected chi connectivity index (χ0v) is 25.3. The standard InChI is InChI=1S/C40H29N5/c1-26-12-18-30(19-13-26)43-40-36-11-7-6-10-35(36)39(45(40)32-22-16-28(3)17-23-32)38-34-9-5-4-8-33(34)37(29(24-41)25-42)44(38)31-20-14-27(2)15-21-31/h4-23H,1-3H3/b39-38+,43-40?. The van der Waals surface area contributed by atoms with Crippen LogP contribution in [0, 0.1) is 43.4 Å². The molecule has 0 aliphatic carbocycles. The maximum atomic E-state index is 10.2. The quantitative estimate of drug-likeness (QED) is 0.218. The highest BCUT2D eigenvalue weighted by molar-refractivity contribution is 6.25. The van der Waals surface area contributed by atoms with E-state index >= 15 is 0 Å². The first-order valence-electron chi connectivity index (χ1n) is 14.9. The molecule has 5 nitrogen and oxygen atoms in total. The third kappa shape index (κ3) is 4.68. The number of aromatic nitrogens is 1. The molecule has 0 spiro atoms. The first-order chi connectivity index (χ1) is 22.0. The summed E-state index contributed by atoms with van der Waals surface area (Å²) in [5.74, 6) is 0.806. The molecule has 0 radical (unpaired) electrons. The summed E-state index contributed by atoms with van der Waals surface area (Å²) < 4.78 is 2.08. The molecule has 1 aliphatic heterocycles. The molecule has 1 aromatic heterocycles. The molecule has 0 N–H and O–H groups in total. The van der Waals surface area contributed by atoms with Crippen molar-refractivity contribution in [3.8, 4) is 17.8 Å². The number of hydrogen-bond acceptors (Lipinski definition) is 3. The molecule has 5 heteroatoms. The molecule has 0 amide bonds. The van der Waals surface area contributed by atoms with Crippen molar-refractivity contribution in [3.63, 3.8) is 0 Å². The van der Waals surface area contributed by atoms with Gasteiger partial charge in [0.1, 0.15) is 18.0 Å². The van der Waals surface area contributed by atoms with Crippen LogP contribution in [0.25, 0.3) is 27.7 Å². The Hall–Kier alpha value is -6.17. The SMILES string of the molecule is Cc1ccc(N=C2c3ccccc3/C(=c3/c4ccccc4c(=C(C#N)C#N)n3-c3ccc(C)cc3)N2c2ccc(C)cc2)cc1. The number of fused-ring (bicyclic) bond motifs is 2. The Morgan fingerprint density at radius 3 is 1.69 bits per heavy atom. The van der Waals surface area contributed by atoms with Crippen LogP contribution in [-0.4, -0.2) is 10.4 Å². The van der Waals surface area contributed by atoms with E-state index in [0.29, 0.717) is 5.35 Å². The van der Waals surface area contributed by atoms with Crippen molar-refractivity contribution in [2.24, 2.45) is 4.99 Å². The molecule has 7 rings (SSSR count). The van der Waals surface area contributed by atoms with Gasteiger partial charge in [-0.2, -0.15) is 10.5 Å². The Bertz CT molecular complexity index is 2330. The van der Waals surface area contributed by atoms with Gasteiger partial charge in [0, 0.05) is 33.3 Å². The van der Waals surface area contributed by atoms with Gasteiger partial charge in [0.05, 0.1) is 22.1 Å². The van der Waals surface area contributed by atoms with E-state index in [1.807, 2.05) is 54.6 Å². The Labute approximate surface area is 262 Å². The van der Waals surface area contributed by atoms with Gasteiger partial charge >= 0.3 is 0 Å². The lowest BCUT2D eigenvalue weighted by atomic mass is 10.1. The molecule has 1 aliphatic rings. The van der Waals surface area contributed by atoms with Gasteiger partial charge < -0.3 is 4.57 Å². The largest absolute Gasteiger partial charge is 0.305 e. The molecule has 2 heterocycles. The van der Waals surface area contributed by atoms with Crippen molar-refractivity contribution < 1.29 is 0 Å². The van der Waals surface area contributed by atoms with E-state index in [1.54, 1.807) is 0 Å². The summed E-state index contributed by atoms with van der Waals surface area (Å²) in [7, 11) is 0. The summed E-state index contributed by atoms with van der Waals surface area (Å²) in [4.78, 5) is 7.49. The van der Waals surface area contributed by atoms with E-state index in [0.717, 1.165) is 67.0 Å². The lowest BCUT2D eigenvalue weighted by molar-refractivity contribution is 0.991. The predicted molar refractivity (Wildman–Crippen MR) is 182 cm³/mol. The van der Waals surface area contributed by atoms with Gasteiger partial charge in [0.25, 0.3) is 0 Å². The van der Waals surface area contributed by atoms with E-state index in [9.17, 15) is 10.5 Å². The fraction of sp³-hybridized carbons (Fsp3) is 0.0750. The molecular weight excluding hydrogens is 550 g/mol. The smallest absolute Gasteiger partial charge is 0.154 e. The van der Waals surface area contributed by atoms with Crippen LogP contribution >= 0.6 is 0 Å². The van der Waals surface area contributed by atoms with Gasteiger partial charge in [0.15, 0.2) is 5.57 Å². The highest BCUT2D eigenvalue weighted by Gasteiger charge is 2.34. The second kappa shape index (κ2) is 11.2. The maximum Gasteiger partial charge on any atom is 0.154 e. The minimum atomic E-state index is 0.0559. The number of aryl methyl sites for hydroxylation is 3. The van der Waals surface area contributed by atoms with Gasteiger partial charge in [0.2, 0.25) is 0 Å². The van der Waals surface area contributed by atoms with E-state index in [2.05, 4.69) is 109 Å². The van der Waals surface area contributed by atoms with Gasteiger partial charge in [-0.25, -0.2) is 4.99 Å². The summed E-state index contributed by atoms with van der Waals surface area (Å²) in [5.41, 5.74) is 9.13. The normalized spacial score (nSPS) is 14.3. The summed E-state index contributed by atoms with van der Waals surface area (Å²) in [6.07, 6.45) is 0. The Kier molecular flexibility index (Phi) is 6.85. The second-order valence-corrected chi connectivity index (χ2v) is 11.3. The Morgan fingerprint density at radius 2 is 1.09 bits per heavy atom. The van der Waals surface area contributed by atoms with Crippen molar-refractivity contribution in [3.05, 3.63) is 160 Å². The molecular formula is C40H29N5. The molecule has 0 saturated carbocycles. The average molecular weight is 580 g/mol. The van der Waals surface area contributed by atoms with E-state index < -0.39 is 0 Å². The minimum Gasteiger partial charge on any atom is -0.305 e. The number of benzene rings is 5. The van der Waals surface area contributed by atoms with E-state index in [-0.39, 0.29) is 5.57 Å². The molecule has 0 bridgehead atoms. The van der Waals surface area contributed by atoms with Crippen LogP contribution < -0.4 is 15.6 Å². The third-order valence-corrected chi connectivity index (χ3v) is 8.28. The highest BCUT2D eigenvalue weighted by atomic mass is 15.2. The predicted octanol–water partition coefficient (Wildman–Crippen LogP) is 7.51. The summed E-state index contributed by atoms with van der Waals surface area (Å²) in [6.45, 7) is 6.20. The molecule has 0 saturated heterocycles. The molecule has 5 aromatic carbocycles. The number of amidine groups is 1. The number of rotatable bonds is 3. The van der Waals surface area contributed by atoms with E-state index in [4.69, 9.17) is 4.99 Å². The number of aliphatic imine (C=N–C) groups is 1. The monoisotopic (exact) mass is 579 g/mol. The molecule has 214 valence electrons. The van der Waals surface area contributed by atoms with Crippen LogP contribution in [0.4, 0.5) is 11.4 Å². The van der Waals surface area contributed by atoms with Gasteiger partial charge in [-0.15, -0.1) is 0 Å². The molecule has 0 atom stereocenters. The Morgan fingerprint density at radius 1 is 0.578 bits per heavy atom. The zero-order valence-electron chi connectivity index (χ0n) is 25.3. The van der Waals surface area contributed by atoms with Crippen LogP contribution in [-0.2, 0) is 0 Å². The van der Waals surface area contributed by atoms with Crippen LogP contribution in [0.15, 0.2) is 126 Å². The average Bonchev–Trinajstić information content (AvgIpc) is 3.56. The summed E-state index contributed by atoms with van der Waals surface area (Å²) in [5, 5.41) is 23.7.